The van der Waals surface area contributed by atoms with E-state index in [9.17, 15) is 40.3 Å². The molecule has 0 heterocycles. The molecule has 0 aliphatic heterocycles. The van der Waals surface area contributed by atoms with E-state index < -0.39 is 49.1 Å². The fourth-order valence-corrected chi connectivity index (χ4v) is 1.69. The molecular formula is C14H13F7N2O4. The van der Waals surface area contributed by atoms with E-state index in [0.29, 0.717) is 0 Å². The molecule has 0 radical (unpaired) electrons. The molecule has 1 rings (SSSR count). The van der Waals surface area contributed by atoms with E-state index in [1.165, 1.54) is 0 Å². The number of urea groups is 1. The maximum Gasteiger partial charge on any atom is 0.448 e. The predicted octanol–water partition coefficient (Wildman–Crippen LogP) is 3.35. The van der Waals surface area contributed by atoms with Gasteiger partial charge in [0.05, 0.1) is 6.61 Å². The van der Waals surface area contributed by atoms with E-state index in [1.807, 2.05) is 0 Å². The summed E-state index contributed by atoms with van der Waals surface area (Å²) in [6, 6.07) is 1.90. The van der Waals surface area contributed by atoms with E-state index in [1.54, 1.807) is 5.32 Å². The Bertz CT molecular complexity index is 661. The van der Waals surface area contributed by atoms with Crippen molar-refractivity contribution in [2.75, 3.05) is 18.5 Å². The number of ether oxygens (including phenoxy) is 2. The second-order valence-corrected chi connectivity index (χ2v) is 4.89. The lowest BCUT2D eigenvalue weighted by atomic mass is 10.2. The van der Waals surface area contributed by atoms with Crippen LogP contribution in [0.1, 0.15) is 6.92 Å². The van der Waals surface area contributed by atoms with Crippen LogP contribution in [0.4, 0.5) is 41.2 Å². The molecule has 0 saturated carbocycles. The van der Waals surface area contributed by atoms with Gasteiger partial charge in [-0.15, -0.1) is 0 Å². The number of carbonyl (C=O) groups excluding carboxylic acids is 2. The van der Waals surface area contributed by atoms with Crippen LogP contribution in [0.5, 0.6) is 0 Å². The quantitative estimate of drug-likeness (QED) is 0.432. The van der Waals surface area contributed by atoms with Gasteiger partial charge in [0, 0.05) is 5.69 Å². The molecule has 2 amide bonds. The molecule has 0 bridgehead atoms. The maximum absolute atomic E-state index is 13.4. The number of esters is 1. The van der Waals surface area contributed by atoms with Crippen LogP contribution < -0.4 is 10.6 Å². The first-order chi connectivity index (χ1) is 12.3. The highest BCUT2D eigenvalue weighted by atomic mass is 19.4. The summed E-state index contributed by atoms with van der Waals surface area (Å²) >= 11 is 0. The van der Waals surface area contributed by atoms with Gasteiger partial charge in [-0.05, 0) is 31.2 Å². The van der Waals surface area contributed by atoms with Crippen molar-refractivity contribution in [3.05, 3.63) is 30.1 Å². The Morgan fingerprint density at radius 1 is 1.04 bits per heavy atom. The molecule has 0 spiro atoms. The molecule has 6 nitrogen and oxygen atoms in total. The largest absolute Gasteiger partial charge is 0.462 e. The monoisotopic (exact) mass is 406 g/mol. The van der Waals surface area contributed by atoms with Gasteiger partial charge in [-0.1, -0.05) is 0 Å². The highest BCUT2D eigenvalue weighted by Crippen LogP contribution is 2.34. The van der Waals surface area contributed by atoms with E-state index >= 15 is 0 Å². The van der Waals surface area contributed by atoms with Crippen LogP contribution in [-0.2, 0) is 14.3 Å². The number of carbonyl (C=O) groups is 2. The lowest BCUT2D eigenvalue weighted by Gasteiger charge is -2.33. The second-order valence-electron chi connectivity index (χ2n) is 4.89. The number of rotatable bonds is 6. The van der Waals surface area contributed by atoms with Crippen molar-refractivity contribution in [3.63, 3.8) is 0 Å². The molecule has 1 atom stereocenters. The standard InChI is InChI=1S/C14H13F7N2O4/c1-2-26-10(24)13(14(19,20)21,27-7-12(16,17)18)23-11(25)22-9-5-3-8(15)4-6-9/h3-6H,2,7H2,1H3,(H2,22,23,25)/t13-/m1/s1. The zero-order valence-corrected chi connectivity index (χ0v) is 13.5. The van der Waals surface area contributed by atoms with Gasteiger partial charge in [0.25, 0.3) is 0 Å². The van der Waals surface area contributed by atoms with Gasteiger partial charge in [-0.2, -0.15) is 26.3 Å². The number of halogens is 7. The van der Waals surface area contributed by atoms with Crippen molar-refractivity contribution < 1.29 is 49.8 Å². The fraction of sp³-hybridized carbons (Fsp3) is 0.429. The number of nitrogens with one attached hydrogen (secondary N) is 2. The summed E-state index contributed by atoms with van der Waals surface area (Å²) in [6.07, 6.45) is -11.0. The average molecular weight is 406 g/mol. The Balaban J connectivity index is 3.15. The van der Waals surface area contributed by atoms with Gasteiger partial charge in [0.15, 0.2) is 0 Å². The average Bonchev–Trinajstić information content (AvgIpc) is 2.51. The van der Waals surface area contributed by atoms with Gasteiger partial charge < -0.3 is 14.8 Å². The summed E-state index contributed by atoms with van der Waals surface area (Å²) in [6.45, 7) is -2.03. The summed E-state index contributed by atoms with van der Waals surface area (Å²) in [4.78, 5) is 23.5. The molecule has 2 N–H and O–H groups in total. The topological polar surface area (TPSA) is 76.7 Å². The minimum Gasteiger partial charge on any atom is -0.462 e. The van der Waals surface area contributed by atoms with Crippen molar-refractivity contribution >= 4 is 17.7 Å². The molecule has 0 unspecified atom stereocenters. The summed E-state index contributed by atoms with van der Waals surface area (Å²) < 4.78 is 97.8. The summed E-state index contributed by atoms with van der Waals surface area (Å²) in [5, 5.41) is 2.83. The molecule has 0 aliphatic rings. The third-order valence-corrected chi connectivity index (χ3v) is 2.81. The highest BCUT2D eigenvalue weighted by molar-refractivity contribution is 5.94. The fourth-order valence-electron chi connectivity index (χ4n) is 1.69. The molecule has 13 heteroatoms. The van der Waals surface area contributed by atoms with E-state index in [-0.39, 0.29) is 5.69 Å². The molecule has 0 aromatic heterocycles. The van der Waals surface area contributed by atoms with Crippen LogP contribution in [0.25, 0.3) is 0 Å². The van der Waals surface area contributed by atoms with Gasteiger partial charge in [0.2, 0.25) is 0 Å². The van der Waals surface area contributed by atoms with Gasteiger partial charge in [-0.3, -0.25) is 5.32 Å². The minimum absolute atomic E-state index is 0.204. The van der Waals surface area contributed by atoms with Crippen LogP contribution in [0.2, 0.25) is 0 Å². The Labute approximate surface area is 147 Å². The number of hydrogen-bond acceptors (Lipinski definition) is 4. The number of amides is 2. The first kappa shape index (κ1) is 22.5. The molecule has 0 aliphatic carbocycles. The van der Waals surface area contributed by atoms with Crippen LogP contribution >= 0.6 is 0 Å². The third-order valence-electron chi connectivity index (χ3n) is 2.81. The van der Waals surface area contributed by atoms with Gasteiger partial charge >= 0.3 is 30.1 Å². The van der Waals surface area contributed by atoms with Crippen LogP contribution in [0, 0.1) is 5.82 Å². The molecule has 27 heavy (non-hydrogen) atoms. The Hall–Kier alpha value is -2.57. The molecular weight excluding hydrogens is 393 g/mol. The zero-order chi connectivity index (χ0) is 20.9. The van der Waals surface area contributed by atoms with Crippen molar-refractivity contribution in [1.29, 1.82) is 0 Å². The molecule has 1 aromatic rings. The molecule has 0 fully saturated rings. The summed E-state index contributed by atoms with van der Waals surface area (Å²) in [5.74, 6) is -3.01. The summed E-state index contributed by atoms with van der Waals surface area (Å²) in [7, 11) is 0. The van der Waals surface area contributed by atoms with Crippen molar-refractivity contribution in [1.82, 2.24) is 5.32 Å². The van der Waals surface area contributed by atoms with Crippen LogP contribution in [-0.4, -0.2) is 43.3 Å². The Kier molecular flexibility index (Phi) is 7.00. The molecule has 1 aromatic carbocycles. The SMILES string of the molecule is CCOC(=O)[C@@](NC(=O)Nc1ccc(F)cc1)(OCC(F)(F)F)C(F)(F)F. The van der Waals surface area contributed by atoms with E-state index in [0.717, 1.165) is 36.5 Å². The van der Waals surface area contributed by atoms with Crippen LogP contribution in [0.15, 0.2) is 24.3 Å². The van der Waals surface area contributed by atoms with Gasteiger partial charge in [0.1, 0.15) is 12.4 Å². The predicted molar refractivity (Wildman–Crippen MR) is 76.0 cm³/mol. The van der Waals surface area contributed by atoms with E-state index in [2.05, 4.69) is 9.47 Å². The normalized spacial score (nSPS) is 14.2. The zero-order valence-electron chi connectivity index (χ0n) is 13.5. The Morgan fingerprint density at radius 2 is 1.59 bits per heavy atom. The summed E-state index contributed by atoms with van der Waals surface area (Å²) in [5.41, 5.74) is -4.62. The van der Waals surface area contributed by atoms with Crippen molar-refractivity contribution in [2.45, 2.75) is 25.0 Å². The van der Waals surface area contributed by atoms with Gasteiger partial charge in [-0.25, -0.2) is 14.0 Å². The highest BCUT2D eigenvalue weighted by Gasteiger charge is 2.66. The first-order valence-electron chi connectivity index (χ1n) is 7.10. The number of alkyl halides is 6. The second kappa shape index (κ2) is 8.41. The lowest BCUT2D eigenvalue weighted by molar-refractivity contribution is -0.305. The first-order valence-corrected chi connectivity index (χ1v) is 7.10. The third kappa shape index (κ3) is 6.27. The minimum atomic E-state index is -5.80. The van der Waals surface area contributed by atoms with Crippen LogP contribution in [0.3, 0.4) is 0 Å². The van der Waals surface area contributed by atoms with Crippen molar-refractivity contribution in [3.8, 4) is 0 Å². The van der Waals surface area contributed by atoms with Crippen molar-refractivity contribution in [2.24, 2.45) is 0 Å². The smallest absolute Gasteiger partial charge is 0.448 e. The Morgan fingerprint density at radius 3 is 2.04 bits per heavy atom. The molecule has 0 saturated heterocycles. The maximum atomic E-state index is 13.4. The lowest BCUT2D eigenvalue weighted by Crippen LogP contribution is -2.67. The number of hydrogen-bond donors (Lipinski definition) is 2. The number of anilines is 1. The molecule has 152 valence electrons. The van der Waals surface area contributed by atoms with E-state index in [4.69, 9.17) is 0 Å². The number of benzene rings is 1.